The predicted octanol–water partition coefficient (Wildman–Crippen LogP) is -0.438. The summed E-state index contributed by atoms with van der Waals surface area (Å²) in [5.41, 5.74) is 5.47. The molecule has 1 aliphatic rings. The first-order valence-electron chi connectivity index (χ1n) is 5.54. The lowest BCUT2D eigenvalue weighted by Gasteiger charge is -2.34. The molecule has 1 aliphatic heterocycles. The fraction of sp³-hybridized carbons (Fsp3) is 0.900. The van der Waals surface area contributed by atoms with Crippen LogP contribution in [0.25, 0.3) is 0 Å². The quantitative estimate of drug-likeness (QED) is 0.377. The van der Waals surface area contributed by atoms with E-state index in [0.29, 0.717) is 5.92 Å². The Morgan fingerprint density at radius 2 is 2.47 bits per heavy atom. The van der Waals surface area contributed by atoms with Gasteiger partial charge in [0.1, 0.15) is 0 Å². The predicted molar refractivity (Wildman–Crippen MR) is 60.8 cm³/mol. The first-order valence-corrected chi connectivity index (χ1v) is 5.54. The standard InChI is InChI=1S/C10H22N4O/c1-13-9(7-15)5-8-3-2-4-14(6-8)10(11)12/h8-9,13,15H,2-7H2,1H3,(H3,11,12). The smallest absolute Gasteiger partial charge is 0.188 e. The highest BCUT2D eigenvalue weighted by Crippen LogP contribution is 2.20. The average Bonchev–Trinajstić information content (AvgIpc) is 2.26. The number of guanidine groups is 1. The van der Waals surface area contributed by atoms with Crippen molar-refractivity contribution in [2.24, 2.45) is 11.7 Å². The van der Waals surface area contributed by atoms with Gasteiger partial charge >= 0.3 is 0 Å². The Morgan fingerprint density at radius 3 is 3.00 bits per heavy atom. The lowest BCUT2D eigenvalue weighted by atomic mass is 9.91. The summed E-state index contributed by atoms with van der Waals surface area (Å²) < 4.78 is 0. The summed E-state index contributed by atoms with van der Waals surface area (Å²) in [5.74, 6) is 0.706. The number of hydrogen-bond acceptors (Lipinski definition) is 3. The molecule has 0 amide bonds. The normalized spacial score (nSPS) is 23.9. The lowest BCUT2D eigenvalue weighted by Crippen LogP contribution is -2.45. The Kier molecular flexibility index (Phi) is 4.84. The minimum Gasteiger partial charge on any atom is -0.395 e. The number of aliphatic hydroxyl groups excluding tert-OH is 1. The molecule has 1 rings (SSSR count). The molecule has 0 aromatic carbocycles. The van der Waals surface area contributed by atoms with Crippen LogP contribution in [0.3, 0.4) is 0 Å². The fourth-order valence-electron chi connectivity index (χ4n) is 2.16. The van der Waals surface area contributed by atoms with Crippen LogP contribution in [0.4, 0.5) is 0 Å². The van der Waals surface area contributed by atoms with E-state index in [2.05, 4.69) is 5.32 Å². The molecule has 5 N–H and O–H groups in total. The molecule has 1 fully saturated rings. The van der Waals surface area contributed by atoms with Gasteiger partial charge in [-0.15, -0.1) is 0 Å². The summed E-state index contributed by atoms with van der Waals surface area (Å²) >= 11 is 0. The highest BCUT2D eigenvalue weighted by Gasteiger charge is 2.22. The summed E-state index contributed by atoms with van der Waals surface area (Å²) in [7, 11) is 1.87. The average molecular weight is 214 g/mol. The van der Waals surface area contributed by atoms with Crippen LogP contribution in [0.2, 0.25) is 0 Å². The van der Waals surface area contributed by atoms with Crippen LogP contribution in [-0.4, -0.2) is 48.8 Å². The molecule has 0 aromatic heterocycles. The third kappa shape index (κ3) is 3.68. The summed E-state index contributed by atoms with van der Waals surface area (Å²) in [4.78, 5) is 1.91. The maximum atomic E-state index is 9.09. The number of likely N-dealkylation sites (N-methyl/N-ethyl adjacent to an activating group) is 1. The maximum Gasteiger partial charge on any atom is 0.188 e. The number of hydrogen-bond donors (Lipinski definition) is 4. The first kappa shape index (κ1) is 12.3. The first-order chi connectivity index (χ1) is 7.17. The minimum atomic E-state index is 0.168. The molecule has 88 valence electrons. The van der Waals surface area contributed by atoms with Crippen molar-refractivity contribution in [3.8, 4) is 0 Å². The molecule has 0 aromatic rings. The second-order valence-electron chi connectivity index (χ2n) is 4.24. The molecule has 1 saturated heterocycles. The number of nitrogens with one attached hydrogen (secondary N) is 2. The van der Waals surface area contributed by atoms with E-state index in [1.807, 2.05) is 11.9 Å². The monoisotopic (exact) mass is 214 g/mol. The molecular formula is C10H22N4O. The Labute approximate surface area is 91.1 Å². The maximum absolute atomic E-state index is 9.09. The number of rotatable bonds is 4. The van der Waals surface area contributed by atoms with Gasteiger partial charge in [-0.3, -0.25) is 5.41 Å². The van der Waals surface area contributed by atoms with E-state index in [1.165, 1.54) is 6.42 Å². The van der Waals surface area contributed by atoms with Crippen molar-refractivity contribution in [1.82, 2.24) is 10.2 Å². The zero-order chi connectivity index (χ0) is 11.3. The third-order valence-electron chi connectivity index (χ3n) is 3.11. The highest BCUT2D eigenvalue weighted by molar-refractivity contribution is 5.74. The molecule has 2 unspecified atom stereocenters. The van der Waals surface area contributed by atoms with E-state index >= 15 is 0 Å². The van der Waals surface area contributed by atoms with Gasteiger partial charge in [0, 0.05) is 19.1 Å². The zero-order valence-corrected chi connectivity index (χ0v) is 9.37. The number of aliphatic hydroxyl groups is 1. The summed E-state index contributed by atoms with van der Waals surface area (Å²) in [5, 5.41) is 19.6. The lowest BCUT2D eigenvalue weighted by molar-refractivity contribution is 0.188. The second-order valence-corrected chi connectivity index (χ2v) is 4.24. The van der Waals surface area contributed by atoms with Gasteiger partial charge in [0.25, 0.3) is 0 Å². The molecule has 0 saturated carbocycles. The molecule has 0 radical (unpaired) electrons. The topological polar surface area (TPSA) is 85.4 Å². The van der Waals surface area contributed by atoms with Gasteiger partial charge in [0.15, 0.2) is 5.96 Å². The second kappa shape index (κ2) is 5.92. The number of likely N-dealkylation sites (tertiary alicyclic amines) is 1. The molecule has 5 nitrogen and oxygen atoms in total. The Balaban J connectivity index is 2.38. The molecular weight excluding hydrogens is 192 g/mol. The van der Waals surface area contributed by atoms with Gasteiger partial charge < -0.3 is 21.1 Å². The molecule has 0 bridgehead atoms. The van der Waals surface area contributed by atoms with Gasteiger partial charge in [-0.1, -0.05) is 0 Å². The number of piperidine rings is 1. The minimum absolute atomic E-state index is 0.168. The van der Waals surface area contributed by atoms with Gasteiger partial charge in [-0.05, 0) is 32.2 Å². The van der Waals surface area contributed by atoms with Crippen molar-refractivity contribution >= 4 is 5.96 Å². The van der Waals surface area contributed by atoms with E-state index in [1.54, 1.807) is 0 Å². The summed E-state index contributed by atoms with van der Waals surface area (Å²) in [6, 6.07) is 0.168. The van der Waals surface area contributed by atoms with Crippen molar-refractivity contribution in [2.45, 2.75) is 25.3 Å². The zero-order valence-electron chi connectivity index (χ0n) is 9.37. The van der Waals surface area contributed by atoms with Gasteiger partial charge in [0.2, 0.25) is 0 Å². The van der Waals surface area contributed by atoms with Gasteiger partial charge in [-0.2, -0.15) is 0 Å². The van der Waals surface area contributed by atoms with Crippen molar-refractivity contribution in [2.75, 3.05) is 26.7 Å². The molecule has 1 heterocycles. The van der Waals surface area contributed by atoms with Crippen LogP contribution in [0, 0.1) is 11.3 Å². The Morgan fingerprint density at radius 1 is 1.73 bits per heavy atom. The van der Waals surface area contributed by atoms with Crippen LogP contribution < -0.4 is 11.1 Å². The van der Waals surface area contributed by atoms with Crippen LogP contribution >= 0.6 is 0 Å². The van der Waals surface area contributed by atoms with Gasteiger partial charge in [0.05, 0.1) is 6.61 Å². The van der Waals surface area contributed by atoms with Crippen molar-refractivity contribution in [3.05, 3.63) is 0 Å². The Bertz CT molecular complexity index is 206. The van der Waals surface area contributed by atoms with Gasteiger partial charge in [-0.25, -0.2) is 0 Å². The van der Waals surface area contributed by atoms with Crippen molar-refractivity contribution in [1.29, 1.82) is 5.41 Å². The number of nitrogens with zero attached hydrogens (tertiary/aromatic N) is 1. The molecule has 5 heteroatoms. The van der Waals surface area contributed by atoms with E-state index in [9.17, 15) is 0 Å². The van der Waals surface area contributed by atoms with Crippen molar-refractivity contribution < 1.29 is 5.11 Å². The van der Waals surface area contributed by atoms with E-state index in [4.69, 9.17) is 16.2 Å². The fourth-order valence-corrected chi connectivity index (χ4v) is 2.16. The summed E-state index contributed by atoms with van der Waals surface area (Å²) in [6.45, 7) is 1.93. The molecule has 0 spiro atoms. The van der Waals surface area contributed by atoms with Crippen LogP contribution in [0.5, 0.6) is 0 Å². The number of nitrogens with two attached hydrogens (primary N) is 1. The van der Waals surface area contributed by atoms with E-state index in [-0.39, 0.29) is 18.6 Å². The van der Waals surface area contributed by atoms with E-state index in [0.717, 1.165) is 25.9 Å². The highest BCUT2D eigenvalue weighted by atomic mass is 16.3. The summed E-state index contributed by atoms with van der Waals surface area (Å²) in [6.07, 6.45) is 3.21. The molecule has 2 atom stereocenters. The molecule has 0 aliphatic carbocycles. The SMILES string of the molecule is CNC(CO)CC1CCCN(C(=N)N)C1. The third-order valence-corrected chi connectivity index (χ3v) is 3.11. The van der Waals surface area contributed by atoms with Crippen LogP contribution in [0.15, 0.2) is 0 Å². The Hall–Kier alpha value is -0.810. The van der Waals surface area contributed by atoms with Crippen molar-refractivity contribution in [3.63, 3.8) is 0 Å². The molecule has 15 heavy (non-hydrogen) atoms. The van der Waals surface area contributed by atoms with Crippen LogP contribution in [0.1, 0.15) is 19.3 Å². The van der Waals surface area contributed by atoms with Crippen LogP contribution in [-0.2, 0) is 0 Å². The largest absolute Gasteiger partial charge is 0.395 e. The van der Waals surface area contributed by atoms with E-state index < -0.39 is 0 Å².